The maximum atomic E-state index is 11.9. The molecule has 0 saturated heterocycles. The number of carbonyl (C=O) groups excluding carboxylic acids is 1. The third-order valence-electron chi connectivity index (χ3n) is 1.85. The molecular weight excluding hydrogens is 226 g/mol. The number of nitrogens with zero attached hydrogens (tertiary/aromatic N) is 1. The van der Waals surface area contributed by atoms with Crippen LogP contribution in [0.15, 0.2) is 12.1 Å². The van der Waals surface area contributed by atoms with Gasteiger partial charge in [0.1, 0.15) is 6.54 Å². The third-order valence-corrected chi connectivity index (χ3v) is 2.84. The van der Waals surface area contributed by atoms with E-state index in [1.807, 2.05) is 13.0 Å². The van der Waals surface area contributed by atoms with Crippen LogP contribution < -0.4 is 0 Å². The SMILES string of the molecule is C#CCN(CC(=O)O)C(=O)c1ccc(C)s1. The zero-order valence-electron chi connectivity index (χ0n) is 8.77. The van der Waals surface area contributed by atoms with Crippen LogP contribution in [0.1, 0.15) is 14.5 Å². The molecule has 0 bridgehead atoms. The molecule has 0 radical (unpaired) electrons. The number of carbonyl (C=O) groups is 2. The highest BCUT2D eigenvalue weighted by Gasteiger charge is 2.18. The lowest BCUT2D eigenvalue weighted by molar-refractivity contribution is -0.137. The lowest BCUT2D eigenvalue weighted by Crippen LogP contribution is -2.35. The maximum absolute atomic E-state index is 11.9. The van der Waals surface area contributed by atoms with Crippen LogP contribution in [0.5, 0.6) is 0 Å². The maximum Gasteiger partial charge on any atom is 0.323 e. The minimum absolute atomic E-state index is 0.00206. The monoisotopic (exact) mass is 237 g/mol. The zero-order chi connectivity index (χ0) is 12.1. The van der Waals surface area contributed by atoms with Gasteiger partial charge in [-0.3, -0.25) is 9.59 Å². The fraction of sp³-hybridized carbons (Fsp3) is 0.273. The van der Waals surface area contributed by atoms with Crippen LogP contribution in [0.25, 0.3) is 0 Å². The van der Waals surface area contributed by atoms with Crippen LogP contribution in [-0.2, 0) is 4.79 Å². The summed E-state index contributed by atoms with van der Waals surface area (Å²) in [6, 6.07) is 3.49. The predicted molar refractivity (Wildman–Crippen MR) is 61.4 cm³/mol. The number of aryl methyl sites for hydroxylation is 1. The van der Waals surface area contributed by atoms with E-state index in [0.717, 1.165) is 9.78 Å². The average Bonchev–Trinajstić information content (AvgIpc) is 2.62. The fourth-order valence-corrected chi connectivity index (χ4v) is 2.01. The second kappa shape index (κ2) is 5.33. The minimum Gasteiger partial charge on any atom is -0.480 e. The molecule has 16 heavy (non-hydrogen) atoms. The van der Waals surface area contributed by atoms with Crippen LogP contribution in [0.3, 0.4) is 0 Å². The van der Waals surface area contributed by atoms with E-state index in [2.05, 4.69) is 5.92 Å². The number of aliphatic carboxylic acids is 1. The van der Waals surface area contributed by atoms with E-state index < -0.39 is 5.97 Å². The van der Waals surface area contributed by atoms with E-state index >= 15 is 0 Å². The predicted octanol–water partition coefficient (Wildman–Crippen LogP) is 1.22. The molecule has 0 aliphatic rings. The van der Waals surface area contributed by atoms with Gasteiger partial charge in [0.05, 0.1) is 11.4 Å². The Labute approximate surface area is 97.5 Å². The van der Waals surface area contributed by atoms with Gasteiger partial charge in [0.2, 0.25) is 0 Å². The van der Waals surface area contributed by atoms with Gasteiger partial charge in [-0.05, 0) is 19.1 Å². The summed E-state index contributed by atoms with van der Waals surface area (Å²) in [5, 5.41) is 8.65. The first-order chi connectivity index (χ1) is 7.54. The summed E-state index contributed by atoms with van der Waals surface area (Å²) >= 11 is 1.32. The Bertz CT molecular complexity index is 444. The molecule has 1 rings (SSSR count). The minimum atomic E-state index is -1.07. The van der Waals surface area contributed by atoms with Crippen molar-refractivity contribution in [3.8, 4) is 12.3 Å². The quantitative estimate of drug-likeness (QED) is 0.801. The van der Waals surface area contributed by atoms with E-state index in [9.17, 15) is 9.59 Å². The number of rotatable bonds is 4. The summed E-state index contributed by atoms with van der Waals surface area (Å²) in [7, 11) is 0. The van der Waals surface area contributed by atoms with Crippen molar-refractivity contribution in [2.45, 2.75) is 6.92 Å². The molecule has 4 nitrogen and oxygen atoms in total. The van der Waals surface area contributed by atoms with Gasteiger partial charge < -0.3 is 10.0 Å². The van der Waals surface area contributed by atoms with Gasteiger partial charge in [0.15, 0.2) is 0 Å². The molecule has 0 aliphatic heterocycles. The standard InChI is InChI=1S/C11H11NO3S/c1-3-6-12(7-10(13)14)11(15)9-5-4-8(2)16-9/h1,4-5H,6-7H2,2H3,(H,13,14). The first kappa shape index (κ1) is 12.3. The lowest BCUT2D eigenvalue weighted by atomic mass is 10.3. The molecule has 0 aliphatic carbocycles. The molecule has 84 valence electrons. The van der Waals surface area contributed by atoms with E-state index in [1.54, 1.807) is 6.07 Å². The fourth-order valence-electron chi connectivity index (χ4n) is 1.18. The highest BCUT2D eigenvalue weighted by Crippen LogP contribution is 2.16. The van der Waals surface area contributed by atoms with Crippen molar-refractivity contribution in [2.75, 3.05) is 13.1 Å². The Kier molecular flexibility index (Phi) is 4.09. The Balaban J connectivity index is 2.83. The van der Waals surface area contributed by atoms with Crippen LogP contribution in [0.2, 0.25) is 0 Å². The first-order valence-electron chi connectivity index (χ1n) is 4.55. The van der Waals surface area contributed by atoms with Gasteiger partial charge in [-0.1, -0.05) is 5.92 Å². The molecule has 0 fully saturated rings. The number of terminal acetylenes is 1. The lowest BCUT2D eigenvalue weighted by Gasteiger charge is -2.16. The average molecular weight is 237 g/mol. The molecule has 0 spiro atoms. The molecule has 1 amide bonds. The molecule has 0 aromatic carbocycles. The van der Waals surface area contributed by atoms with Crippen molar-refractivity contribution in [3.05, 3.63) is 21.9 Å². The molecular formula is C11H11NO3S. The zero-order valence-corrected chi connectivity index (χ0v) is 9.58. The van der Waals surface area contributed by atoms with E-state index in [0.29, 0.717) is 4.88 Å². The van der Waals surface area contributed by atoms with Crippen molar-refractivity contribution >= 4 is 23.2 Å². The van der Waals surface area contributed by atoms with Crippen LogP contribution in [-0.4, -0.2) is 35.0 Å². The molecule has 5 heteroatoms. The summed E-state index contributed by atoms with van der Waals surface area (Å²) < 4.78 is 0. The summed E-state index contributed by atoms with van der Waals surface area (Å²) in [4.78, 5) is 25.1. The largest absolute Gasteiger partial charge is 0.480 e. The Morgan fingerprint density at radius 1 is 1.56 bits per heavy atom. The second-order valence-corrected chi connectivity index (χ2v) is 4.46. The first-order valence-corrected chi connectivity index (χ1v) is 5.37. The van der Waals surface area contributed by atoms with E-state index in [4.69, 9.17) is 11.5 Å². The number of carboxylic acids is 1. The number of amides is 1. The smallest absolute Gasteiger partial charge is 0.323 e. The summed E-state index contributed by atoms with van der Waals surface area (Å²) in [5.41, 5.74) is 0. The van der Waals surface area contributed by atoms with Gasteiger partial charge in [0.25, 0.3) is 5.91 Å². The van der Waals surface area contributed by atoms with Gasteiger partial charge >= 0.3 is 5.97 Å². The van der Waals surface area contributed by atoms with Gasteiger partial charge in [0, 0.05) is 4.88 Å². The Hall–Kier alpha value is -1.80. The third kappa shape index (κ3) is 3.11. The van der Waals surface area contributed by atoms with Crippen LogP contribution >= 0.6 is 11.3 Å². The van der Waals surface area contributed by atoms with Crippen molar-refractivity contribution < 1.29 is 14.7 Å². The van der Waals surface area contributed by atoms with Crippen molar-refractivity contribution in [1.29, 1.82) is 0 Å². The second-order valence-electron chi connectivity index (χ2n) is 3.17. The molecule has 0 saturated carbocycles. The van der Waals surface area contributed by atoms with Crippen LogP contribution in [0, 0.1) is 19.3 Å². The summed E-state index contributed by atoms with van der Waals surface area (Å²) in [5.74, 6) is 0.870. The highest BCUT2D eigenvalue weighted by molar-refractivity contribution is 7.13. The van der Waals surface area contributed by atoms with Crippen molar-refractivity contribution in [1.82, 2.24) is 4.90 Å². The van der Waals surface area contributed by atoms with E-state index in [-0.39, 0.29) is 19.0 Å². The Morgan fingerprint density at radius 2 is 2.25 bits per heavy atom. The van der Waals surface area contributed by atoms with E-state index in [1.165, 1.54) is 11.3 Å². The molecule has 1 heterocycles. The van der Waals surface area contributed by atoms with Crippen molar-refractivity contribution in [3.63, 3.8) is 0 Å². The topological polar surface area (TPSA) is 57.6 Å². The highest BCUT2D eigenvalue weighted by atomic mass is 32.1. The summed E-state index contributed by atoms with van der Waals surface area (Å²) in [6.45, 7) is 1.51. The van der Waals surface area contributed by atoms with Crippen LogP contribution in [0.4, 0.5) is 0 Å². The number of carboxylic acid groups (broad SMARTS) is 1. The van der Waals surface area contributed by atoms with Crippen molar-refractivity contribution in [2.24, 2.45) is 0 Å². The normalized spacial score (nSPS) is 9.50. The number of hydrogen-bond acceptors (Lipinski definition) is 3. The molecule has 1 aromatic rings. The number of hydrogen-bond donors (Lipinski definition) is 1. The molecule has 1 N–H and O–H groups in total. The van der Waals surface area contributed by atoms with Gasteiger partial charge in [-0.2, -0.15) is 0 Å². The number of thiophene rings is 1. The van der Waals surface area contributed by atoms with Gasteiger partial charge in [-0.15, -0.1) is 17.8 Å². The van der Waals surface area contributed by atoms with Gasteiger partial charge in [-0.25, -0.2) is 0 Å². The Morgan fingerprint density at radius 3 is 2.69 bits per heavy atom. The molecule has 0 unspecified atom stereocenters. The molecule has 1 aromatic heterocycles. The molecule has 0 atom stereocenters. The summed E-state index contributed by atoms with van der Waals surface area (Å²) in [6.07, 6.45) is 5.09.